The van der Waals surface area contributed by atoms with Crippen LogP contribution in [0.3, 0.4) is 0 Å². The van der Waals surface area contributed by atoms with Crippen LogP contribution >= 0.6 is 0 Å². The molecule has 0 aliphatic heterocycles. The number of nitrogens with one attached hydrogen (secondary N) is 1. The Hall–Kier alpha value is -2.14. The lowest BCUT2D eigenvalue weighted by Gasteiger charge is -2.08. The molecule has 0 aliphatic carbocycles. The summed E-state index contributed by atoms with van der Waals surface area (Å²) in [6, 6.07) is 13.9. The molecule has 0 atom stereocenters. The van der Waals surface area contributed by atoms with Gasteiger partial charge in [-0.25, -0.2) is 0 Å². The average molecular weight is 279 g/mol. The molecule has 3 nitrogen and oxygen atoms in total. The Kier molecular flexibility index (Phi) is 4.90. The van der Waals surface area contributed by atoms with E-state index in [1.165, 1.54) is 12.1 Å². The second-order valence-corrected chi connectivity index (χ2v) is 4.23. The van der Waals surface area contributed by atoms with E-state index in [1.54, 1.807) is 12.1 Å². The lowest BCUT2D eigenvalue weighted by Crippen LogP contribution is -2.03. The number of hydrogen-bond acceptors (Lipinski definition) is 3. The number of ether oxygens (including phenoxy) is 1. The number of rotatable bonds is 6. The Morgan fingerprint density at radius 1 is 0.950 bits per heavy atom. The second kappa shape index (κ2) is 6.86. The average Bonchev–Trinajstić information content (AvgIpc) is 2.46. The summed E-state index contributed by atoms with van der Waals surface area (Å²) in [5.41, 5.74) is 2.73. The van der Waals surface area contributed by atoms with Crippen molar-refractivity contribution in [2.75, 3.05) is 5.32 Å². The Balaban J connectivity index is 1.89. The van der Waals surface area contributed by atoms with Crippen molar-refractivity contribution in [3.63, 3.8) is 0 Å². The van der Waals surface area contributed by atoms with Crippen molar-refractivity contribution in [3.05, 3.63) is 59.7 Å². The van der Waals surface area contributed by atoms with E-state index in [4.69, 9.17) is 5.11 Å². The van der Waals surface area contributed by atoms with Crippen LogP contribution < -0.4 is 10.1 Å². The van der Waals surface area contributed by atoms with Crippen molar-refractivity contribution in [3.8, 4) is 5.75 Å². The van der Waals surface area contributed by atoms with Gasteiger partial charge in [0.1, 0.15) is 5.75 Å². The molecule has 20 heavy (non-hydrogen) atoms. The predicted molar refractivity (Wildman–Crippen MR) is 72.8 cm³/mol. The molecule has 0 bridgehead atoms. The molecule has 0 aliphatic rings. The quantitative estimate of drug-likeness (QED) is 0.851. The third-order valence-corrected chi connectivity index (χ3v) is 2.78. The fraction of sp³-hybridized carbons (Fsp3) is 0.200. The van der Waals surface area contributed by atoms with Crippen LogP contribution in [0, 0.1) is 0 Å². The molecule has 5 heteroatoms. The highest BCUT2D eigenvalue weighted by Crippen LogP contribution is 2.16. The summed E-state index contributed by atoms with van der Waals surface area (Å²) >= 11 is 0. The van der Waals surface area contributed by atoms with E-state index < -0.39 is 6.61 Å². The molecular weight excluding hydrogens is 264 g/mol. The lowest BCUT2D eigenvalue weighted by atomic mass is 10.2. The maximum Gasteiger partial charge on any atom is 0.387 e. The first-order valence-electron chi connectivity index (χ1n) is 6.15. The van der Waals surface area contributed by atoms with E-state index in [9.17, 15) is 8.78 Å². The number of anilines is 1. The van der Waals surface area contributed by atoms with Gasteiger partial charge >= 0.3 is 6.61 Å². The van der Waals surface area contributed by atoms with Crippen molar-refractivity contribution in [2.45, 2.75) is 19.8 Å². The van der Waals surface area contributed by atoms with Gasteiger partial charge in [0.2, 0.25) is 0 Å². The van der Waals surface area contributed by atoms with Crippen molar-refractivity contribution >= 4 is 5.69 Å². The van der Waals surface area contributed by atoms with Gasteiger partial charge in [-0.2, -0.15) is 8.78 Å². The van der Waals surface area contributed by atoms with E-state index in [1.807, 2.05) is 24.3 Å². The van der Waals surface area contributed by atoms with Crippen LogP contribution in [-0.4, -0.2) is 11.7 Å². The van der Waals surface area contributed by atoms with Crippen LogP contribution in [0.25, 0.3) is 0 Å². The van der Waals surface area contributed by atoms with Crippen LogP contribution in [0.5, 0.6) is 5.75 Å². The summed E-state index contributed by atoms with van der Waals surface area (Å²) in [4.78, 5) is 0. The minimum Gasteiger partial charge on any atom is -0.435 e. The summed E-state index contributed by atoms with van der Waals surface area (Å²) in [6.45, 7) is -2.21. The second-order valence-electron chi connectivity index (χ2n) is 4.23. The van der Waals surface area contributed by atoms with E-state index in [0.29, 0.717) is 6.54 Å². The molecule has 0 spiro atoms. The Morgan fingerprint density at radius 3 is 2.10 bits per heavy atom. The monoisotopic (exact) mass is 279 g/mol. The fourth-order valence-corrected chi connectivity index (χ4v) is 1.72. The third kappa shape index (κ3) is 4.20. The minimum absolute atomic E-state index is 0.0197. The zero-order valence-electron chi connectivity index (χ0n) is 10.7. The normalized spacial score (nSPS) is 10.6. The summed E-state index contributed by atoms with van der Waals surface area (Å²) in [6.07, 6.45) is 0. The van der Waals surface area contributed by atoms with Crippen molar-refractivity contribution < 1.29 is 18.6 Å². The van der Waals surface area contributed by atoms with E-state index >= 15 is 0 Å². The number of aliphatic hydroxyl groups is 1. The first-order chi connectivity index (χ1) is 9.67. The van der Waals surface area contributed by atoms with Gasteiger partial charge in [0.15, 0.2) is 0 Å². The Morgan fingerprint density at radius 2 is 1.55 bits per heavy atom. The number of alkyl halides is 2. The van der Waals surface area contributed by atoms with Crippen LogP contribution in [-0.2, 0) is 13.2 Å². The number of hydrogen-bond donors (Lipinski definition) is 2. The third-order valence-electron chi connectivity index (χ3n) is 2.78. The van der Waals surface area contributed by atoms with E-state index in [2.05, 4.69) is 10.1 Å². The zero-order chi connectivity index (χ0) is 14.4. The molecule has 2 rings (SSSR count). The molecule has 2 N–H and O–H groups in total. The lowest BCUT2D eigenvalue weighted by molar-refractivity contribution is -0.0498. The molecule has 0 saturated carbocycles. The molecule has 0 fully saturated rings. The van der Waals surface area contributed by atoms with Gasteiger partial charge in [-0.3, -0.25) is 0 Å². The first-order valence-corrected chi connectivity index (χ1v) is 6.15. The molecule has 0 saturated heterocycles. The van der Waals surface area contributed by atoms with Gasteiger partial charge in [0, 0.05) is 12.2 Å². The van der Waals surface area contributed by atoms with Crippen molar-refractivity contribution in [2.24, 2.45) is 0 Å². The summed E-state index contributed by atoms with van der Waals surface area (Å²) < 4.78 is 28.3. The highest BCUT2D eigenvalue weighted by atomic mass is 19.3. The van der Waals surface area contributed by atoms with Crippen molar-refractivity contribution in [1.29, 1.82) is 0 Å². The van der Waals surface area contributed by atoms with Crippen LogP contribution in [0.4, 0.5) is 14.5 Å². The highest BCUT2D eigenvalue weighted by Gasteiger charge is 2.03. The smallest absolute Gasteiger partial charge is 0.387 e. The largest absolute Gasteiger partial charge is 0.435 e. The van der Waals surface area contributed by atoms with Gasteiger partial charge in [0.25, 0.3) is 0 Å². The van der Waals surface area contributed by atoms with Gasteiger partial charge in [-0.1, -0.05) is 24.3 Å². The molecule has 2 aromatic carbocycles. The van der Waals surface area contributed by atoms with E-state index in [0.717, 1.165) is 16.8 Å². The molecule has 0 heterocycles. The van der Waals surface area contributed by atoms with Gasteiger partial charge in [-0.15, -0.1) is 0 Å². The van der Waals surface area contributed by atoms with Crippen LogP contribution in [0.1, 0.15) is 11.1 Å². The maximum absolute atomic E-state index is 12.0. The topological polar surface area (TPSA) is 41.5 Å². The number of aliphatic hydroxyl groups excluding tert-OH is 1. The molecule has 106 valence electrons. The molecule has 2 aromatic rings. The summed E-state index contributed by atoms with van der Waals surface area (Å²) in [7, 11) is 0. The standard InChI is InChI=1S/C15H15F2NO2/c16-15(17)20-14-7-3-11(4-8-14)9-18-13-5-1-12(10-19)2-6-13/h1-8,15,18-19H,9-10H2. The Labute approximate surface area is 115 Å². The summed E-state index contributed by atoms with van der Waals surface area (Å²) in [5.74, 6) is 0.149. The number of halogens is 2. The Bertz CT molecular complexity index is 527. The highest BCUT2D eigenvalue weighted by molar-refractivity contribution is 5.45. The zero-order valence-corrected chi connectivity index (χ0v) is 10.7. The summed E-state index contributed by atoms with van der Waals surface area (Å²) in [5, 5.41) is 12.1. The van der Waals surface area contributed by atoms with Crippen LogP contribution in [0.15, 0.2) is 48.5 Å². The minimum atomic E-state index is -2.80. The SMILES string of the molecule is OCc1ccc(NCc2ccc(OC(F)F)cc2)cc1. The van der Waals surface area contributed by atoms with Crippen molar-refractivity contribution in [1.82, 2.24) is 0 Å². The first kappa shape index (κ1) is 14.3. The molecule has 0 radical (unpaired) electrons. The van der Waals surface area contributed by atoms with Gasteiger partial charge < -0.3 is 15.2 Å². The van der Waals surface area contributed by atoms with Gasteiger partial charge in [-0.05, 0) is 35.4 Å². The maximum atomic E-state index is 12.0. The molecule has 0 aromatic heterocycles. The molecular formula is C15H15F2NO2. The predicted octanol–water partition coefficient (Wildman–Crippen LogP) is 3.39. The number of benzene rings is 2. The fourth-order valence-electron chi connectivity index (χ4n) is 1.72. The van der Waals surface area contributed by atoms with Crippen LogP contribution in [0.2, 0.25) is 0 Å². The molecule has 0 unspecified atom stereocenters. The van der Waals surface area contributed by atoms with Gasteiger partial charge in [0.05, 0.1) is 6.61 Å². The van der Waals surface area contributed by atoms with E-state index in [-0.39, 0.29) is 12.4 Å². The molecule has 0 amide bonds.